The van der Waals surface area contributed by atoms with E-state index in [1.807, 2.05) is 0 Å². The Kier molecular flexibility index (Phi) is 2.46. The number of likely N-dealkylation sites (tertiary alicyclic amines) is 1. The van der Waals surface area contributed by atoms with Crippen molar-refractivity contribution >= 4 is 11.9 Å². The Balaban J connectivity index is 2.10. The monoisotopic (exact) mass is 223 g/mol. The van der Waals surface area contributed by atoms with Crippen molar-refractivity contribution in [2.24, 2.45) is 5.41 Å². The summed E-state index contributed by atoms with van der Waals surface area (Å²) in [5, 5.41) is 9.04. The average molecular weight is 223 g/mol. The molecule has 1 atom stereocenters. The molecule has 2 heterocycles. The maximum Gasteiger partial charge on any atom is 0.311 e. The van der Waals surface area contributed by atoms with Crippen LogP contribution < -0.4 is 0 Å². The highest BCUT2D eigenvalue weighted by molar-refractivity contribution is 5.92. The Morgan fingerprint density at radius 1 is 1.56 bits per heavy atom. The van der Waals surface area contributed by atoms with Gasteiger partial charge in [-0.15, -0.1) is 0 Å². The van der Waals surface area contributed by atoms with E-state index in [2.05, 4.69) is 0 Å². The topological polar surface area (TPSA) is 70.8 Å². The number of amides is 1. The van der Waals surface area contributed by atoms with E-state index in [0.717, 1.165) is 0 Å². The molecule has 1 amide bonds. The van der Waals surface area contributed by atoms with Gasteiger partial charge in [-0.1, -0.05) is 0 Å². The number of hydrogen-bond donors (Lipinski definition) is 1. The molecule has 0 aliphatic carbocycles. The summed E-state index contributed by atoms with van der Waals surface area (Å²) in [6.45, 7) is 2.36. The Morgan fingerprint density at radius 3 is 2.81 bits per heavy atom. The molecule has 1 aliphatic rings. The van der Waals surface area contributed by atoms with Crippen molar-refractivity contribution in [2.75, 3.05) is 13.1 Å². The quantitative estimate of drug-likeness (QED) is 0.818. The fraction of sp³-hybridized carbons (Fsp3) is 0.455. The highest BCUT2D eigenvalue weighted by atomic mass is 16.4. The van der Waals surface area contributed by atoms with Gasteiger partial charge >= 0.3 is 5.97 Å². The van der Waals surface area contributed by atoms with Crippen molar-refractivity contribution in [1.29, 1.82) is 0 Å². The van der Waals surface area contributed by atoms with Gasteiger partial charge in [0, 0.05) is 13.1 Å². The van der Waals surface area contributed by atoms with Gasteiger partial charge in [-0.05, 0) is 25.5 Å². The smallest absolute Gasteiger partial charge is 0.311 e. The Bertz CT molecular complexity index is 412. The number of carboxylic acid groups (broad SMARTS) is 1. The molecular weight excluding hydrogens is 210 g/mol. The lowest BCUT2D eigenvalue weighted by Crippen LogP contribution is -2.34. The average Bonchev–Trinajstić information content (AvgIpc) is 2.85. The van der Waals surface area contributed by atoms with E-state index in [4.69, 9.17) is 9.52 Å². The molecule has 1 N–H and O–H groups in total. The van der Waals surface area contributed by atoms with Crippen LogP contribution in [-0.4, -0.2) is 35.0 Å². The van der Waals surface area contributed by atoms with E-state index >= 15 is 0 Å². The minimum atomic E-state index is -0.859. The van der Waals surface area contributed by atoms with Crippen LogP contribution in [0.1, 0.15) is 23.9 Å². The van der Waals surface area contributed by atoms with Crippen LogP contribution in [0.4, 0.5) is 0 Å². The summed E-state index contributed by atoms with van der Waals surface area (Å²) >= 11 is 0. The number of carboxylic acids is 1. The largest absolute Gasteiger partial charge is 0.481 e. The third-order valence-electron chi connectivity index (χ3n) is 3.01. The summed E-state index contributed by atoms with van der Waals surface area (Å²) in [6.07, 6.45) is 1.91. The van der Waals surface area contributed by atoms with Gasteiger partial charge in [-0.25, -0.2) is 0 Å². The van der Waals surface area contributed by atoms with Gasteiger partial charge in [-0.2, -0.15) is 0 Å². The number of rotatable bonds is 2. The predicted molar refractivity (Wildman–Crippen MR) is 55.0 cm³/mol. The molecule has 0 saturated carbocycles. The fourth-order valence-electron chi connectivity index (χ4n) is 1.87. The van der Waals surface area contributed by atoms with Crippen molar-refractivity contribution in [3.8, 4) is 0 Å². The van der Waals surface area contributed by atoms with Gasteiger partial charge < -0.3 is 14.4 Å². The van der Waals surface area contributed by atoms with E-state index in [1.54, 1.807) is 19.1 Å². The summed E-state index contributed by atoms with van der Waals surface area (Å²) in [6, 6.07) is 3.22. The summed E-state index contributed by atoms with van der Waals surface area (Å²) in [4.78, 5) is 24.4. The third-order valence-corrected chi connectivity index (χ3v) is 3.01. The van der Waals surface area contributed by atoms with Crippen molar-refractivity contribution < 1.29 is 19.1 Å². The van der Waals surface area contributed by atoms with Gasteiger partial charge in [0.1, 0.15) is 0 Å². The molecule has 0 aromatic carbocycles. The fourth-order valence-corrected chi connectivity index (χ4v) is 1.87. The summed E-state index contributed by atoms with van der Waals surface area (Å²) in [5.74, 6) is -0.841. The van der Waals surface area contributed by atoms with E-state index in [1.165, 1.54) is 11.2 Å². The Hall–Kier alpha value is -1.78. The maximum atomic E-state index is 11.9. The lowest BCUT2D eigenvalue weighted by molar-refractivity contribution is -0.147. The molecule has 1 aromatic rings. The molecule has 16 heavy (non-hydrogen) atoms. The van der Waals surface area contributed by atoms with E-state index in [0.29, 0.717) is 13.0 Å². The zero-order chi connectivity index (χ0) is 11.8. The van der Waals surface area contributed by atoms with Gasteiger partial charge in [0.05, 0.1) is 11.7 Å². The molecule has 5 heteroatoms. The van der Waals surface area contributed by atoms with E-state index < -0.39 is 11.4 Å². The number of furan rings is 1. The number of aliphatic carboxylic acids is 1. The van der Waals surface area contributed by atoms with Crippen LogP contribution in [0.5, 0.6) is 0 Å². The van der Waals surface area contributed by atoms with E-state index in [9.17, 15) is 9.59 Å². The zero-order valence-corrected chi connectivity index (χ0v) is 8.97. The van der Waals surface area contributed by atoms with Crippen LogP contribution in [0.25, 0.3) is 0 Å². The maximum absolute atomic E-state index is 11.9. The molecule has 0 unspecified atom stereocenters. The van der Waals surface area contributed by atoms with Crippen LogP contribution >= 0.6 is 0 Å². The minimum Gasteiger partial charge on any atom is -0.481 e. The summed E-state index contributed by atoms with van der Waals surface area (Å²) < 4.78 is 5.00. The normalized spacial score (nSPS) is 24.7. The van der Waals surface area contributed by atoms with Crippen molar-refractivity contribution in [1.82, 2.24) is 4.90 Å². The molecule has 0 bridgehead atoms. The van der Waals surface area contributed by atoms with E-state index in [-0.39, 0.29) is 18.2 Å². The molecule has 86 valence electrons. The van der Waals surface area contributed by atoms with Crippen molar-refractivity contribution in [3.63, 3.8) is 0 Å². The molecule has 0 radical (unpaired) electrons. The highest BCUT2D eigenvalue weighted by Crippen LogP contribution is 2.30. The first-order valence-electron chi connectivity index (χ1n) is 5.09. The Labute approximate surface area is 92.7 Å². The van der Waals surface area contributed by atoms with Crippen molar-refractivity contribution in [3.05, 3.63) is 24.2 Å². The molecule has 5 nitrogen and oxygen atoms in total. The summed E-state index contributed by atoms with van der Waals surface area (Å²) in [7, 11) is 0. The van der Waals surface area contributed by atoms with Gasteiger partial charge in [0.2, 0.25) is 0 Å². The minimum absolute atomic E-state index is 0.238. The zero-order valence-electron chi connectivity index (χ0n) is 8.97. The first kappa shape index (κ1) is 10.7. The number of carbonyl (C=O) groups excluding carboxylic acids is 1. The number of hydrogen-bond acceptors (Lipinski definition) is 3. The van der Waals surface area contributed by atoms with Crippen LogP contribution in [-0.2, 0) is 4.79 Å². The standard InChI is InChI=1S/C11H13NO4/c1-11(10(14)15)4-5-12(7-11)9(13)8-3-2-6-16-8/h2-3,6H,4-5,7H2,1H3,(H,14,15)/t11-/m1/s1. The number of nitrogens with zero attached hydrogens (tertiary/aromatic N) is 1. The van der Waals surface area contributed by atoms with Gasteiger partial charge in [0.15, 0.2) is 5.76 Å². The first-order chi connectivity index (χ1) is 7.53. The highest BCUT2D eigenvalue weighted by Gasteiger charge is 2.42. The second-order valence-electron chi connectivity index (χ2n) is 4.32. The molecule has 1 aliphatic heterocycles. The van der Waals surface area contributed by atoms with Crippen LogP contribution in [0, 0.1) is 5.41 Å². The SMILES string of the molecule is C[C@@]1(C(=O)O)CCN(C(=O)c2ccco2)C1. The lowest BCUT2D eigenvalue weighted by atomic mass is 9.90. The molecule has 1 saturated heterocycles. The first-order valence-corrected chi connectivity index (χ1v) is 5.09. The number of carbonyl (C=O) groups is 2. The molecule has 1 aromatic heterocycles. The molecule has 0 spiro atoms. The Morgan fingerprint density at radius 2 is 2.31 bits per heavy atom. The van der Waals surface area contributed by atoms with Crippen LogP contribution in [0.3, 0.4) is 0 Å². The van der Waals surface area contributed by atoms with Gasteiger partial charge in [0.25, 0.3) is 5.91 Å². The summed E-state index contributed by atoms with van der Waals surface area (Å²) in [5.41, 5.74) is -0.831. The lowest BCUT2D eigenvalue weighted by Gasteiger charge is -2.19. The predicted octanol–water partition coefficient (Wildman–Crippen LogP) is 1.22. The third kappa shape index (κ3) is 1.68. The second-order valence-corrected chi connectivity index (χ2v) is 4.32. The van der Waals surface area contributed by atoms with Crippen LogP contribution in [0.15, 0.2) is 22.8 Å². The van der Waals surface area contributed by atoms with Crippen LogP contribution in [0.2, 0.25) is 0 Å². The van der Waals surface area contributed by atoms with Gasteiger partial charge in [-0.3, -0.25) is 9.59 Å². The van der Waals surface area contributed by atoms with Crippen molar-refractivity contribution in [2.45, 2.75) is 13.3 Å². The molecular formula is C11H13NO4. The second kappa shape index (κ2) is 3.66. The molecule has 1 fully saturated rings. The molecule has 2 rings (SSSR count).